The molecule has 3 atom stereocenters. The largest absolute Gasteiger partial charge is 0.393 e. The van der Waals surface area contributed by atoms with Gasteiger partial charge in [-0.2, -0.15) is 0 Å². The highest BCUT2D eigenvalue weighted by atomic mass is 35.5. The van der Waals surface area contributed by atoms with Crippen LogP contribution in [-0.2, 0) is 11.2 Å². The van der Waals surface area contributed by atoms with Crippen molar-refractivity contribution in [2.45, 2.75) is 37.8 Å². The standard InChI is InChI=1S/C17H23N3O2.ClH/c18-14(17(22)20-9-11-4-3-7-16(11)21)8-12-10-19-15-6-2-1-5-13(12)15;/h1-2,5-6,10-11,14,16,19,21H,3-4,7-9,18H2,(H,20,22);1H/t11?,14-,16?;/m0./s1. The fourth-order valence-corrected chi connectivity index (χ4v) is 3.25. The number of aliphatic hydroxyl groups is 1. The van der Waals surface area contributed by atoms with E-state index in [-0.39, 0.29) is 30.3 Å². The third-order valence-electron chi connectivity index (χ3n) is 4.61. The van der Waals surface area contributed by atoms with Crippen molar-refractivity contribution in [2.75, 3.05) is 6.54 Å². The normalized spacial score (nSPS) is 21.8. The second-order valence-corrected chi connectivity index (χ2v) is 6.17. The first-order valence-electron chi connectivity index (χ1n) is 7.91. The maximum Gasteiger partial charge on any atom is 0.237 e. The van der Waals surface area contributed by atoms with Crippen molar-refractivity contribution < 1.29 is 9.90 Å². The van der Waals surface area contributed by atoms with E-state index in [0.29, 0.717) is 13.0 Å². The summed E-state index contributed by atoms with van der Waals surface area (Å²) in [5.74, 6) is 0.0219. The molecule has 5 nitrogen and oxygen atoms in total. The molecule has 23 heavy (non-hydrogen) atoms. The third-order valence-corrected chi connectivity index (χ3v) is 4.61. The van der Waals surface area contributed by atoms with E-state index in [0.717, 1.165) is 35.7 Å². The van der Waals surface area contributed by atoms with Gasteiger partial charge in [0.2, 0.25) is 5.91 Å². The Bertz CT molecular complexity index is 658. The van der Waals surface area contributed by atoms with Crippen LogP contribution in [0.3, 0.4) is 0 Å². The highest BCUT2D eigenvalue weighted by molar-refractivity contribution is 5.86. The SMILES string of the molecule is Cl.N[C@@H](Cc1c[nH]c2ccccc12)C(=O)NCC1CCCC1O. The average Bonchev–Trinajstić information content (AvgIpc) is 3.12. The number of hydrogen-bond donors (Lipinski definition) is 4. The molecule has 1 fully saturated rings. The summed E-state index contributed by atoms with van der Waals surface area (Å²) in [7, 11) is 0. The van der Waals surface area contributed by atoms with E-state index >= 15 is 0 Å². The molecule has 2 aromatic rings. The van der Waals surface area contributed by atoms with E-state index in [2.05, 4.69) is 10.3 Å². The zero-order chi connectivity index (χ0) is 15.5. The van der Waals surface area contributed by atoms with Crippen molar-refractivity contribution in [3.8, 4) is 0 Å². The second-order valence-electron chi connectivity index (χ2n) is 6.17. The number of nitrogens with one attached hydrogen (secondary N) is 2. The van der Waals surface area contributed by atoms with Gasteiger partial charge in [-0.15, -0.1) is 12.4 Å². The van der Waals surface area contributed by atoms with Gasteiger partial charge in [-0.05, 0) is 30.9 Å². The van der Waals surface area contributed by atoms with Gasteiger partial charge in [-0.25, -0.2) is 0 Å². The van der Waals surface area contributed by atoms with Gasteiger partial charge in [0.15, 0.2) is 0 Å². The Morgan fingerprint density at radius 1 is 1.39 bits per heavy atom. The first-order chi connectivity index (χ1) is 10.6. The molecule has 0 bridgehead atoms. The van der Waals surface area contributed by atoms with Crippen LogP contribution in [0.2, 0.25) is 0 Å². The summed E-state index contributed by atoms with van der Waals surface area (Å²) in [5, 5.41) is 13.8. The molecule has 6 heteroatoms. The quantitative estimate of drug-likeness (QED) is 0.669. The summed E-state index contributed by atoms with van der Waals surface area (Å²) >= 11 is 0. The molecule has 0 saturated heterocycles. The lowest BCUT2D eigenvalue weighted by Gasteiger charge is -2.17. The van der Waals surface area contributed by atoms with Crippen molar-refractivity contribution in [3.63, 3.8) is 0 Å². The molecule has 3 rings (SSSR count). The number of nitrogens with two attached hydrogens (primary N) is 1. The van der Waals surface area contributed by atoms with E-state index in [1.807, 2.05) is 30.5 Å². The number of hydrogen-bond acceptors (Lipinski definition) is 3. The fraction of sp³-hybridized carbons (Fsp3) is 0.471. The van der Waals surface area contributed by atoms with Crippen molar-refractivity contribution in [2.24, 2.45) is 11.7 Å². The predicted octanol–water partition coefficient (Wildman–Crippen LogP) is 1.74. The molecule has 1 heterocycles. The van der Waals surface area contributed by atoms with E-state index in [1.54, 1.807) is 0 Å². The average molecular weight is 338 g/mol. The van der Waals surface area contributed by atoms with Gasteiger partial charge in [-0.3, -0.25) is 4.79 Å². The number of aliphatic hydroxyl groups excluding tert-OH is 1. The number of benzene rings is 1. The minimum absolute atomic E-state index is 0. The molecule has 1 aromatic carbocycles. The molecule has 1 saturated carbocycles. The van der Waals surface area contributed by atoms with Crippen LogP contribution in [0.5, 0.6) is 0 Å². The Morgan fingerprint density at radius 2 is 2.17 bits per heavy atom. The zero-order valence-corrected chi connectivity index (χ0v) is 13.8. The van der Waals surface area contributed by atoms with Gasteiger partial charge in [0, 0.05) is 29.6 Å². The Kier molecular flexibility index (Phi) is 6.04. The molecule has 1 aliphatic rings. The number of amides is 1. The summed E-state index contributed by atoms with van der Waals surface area (Å²) in [5.41, 5.74) is 8.14. The molecule has 1 aliphatic carbocycles. The maximum atomic E-state index is 12.1. The lowest BCUT2D eigenvalue weighted by Crippen LogP contribution is -2.44. The number of para-hydroxylation sites is 1. The summed E-state index contributed by atoms with van der Waals surface area (Å²) in [6, 6.07) is 7.42. The highest BCUT2D eigenvalue weighted by Crippen LogP contribution is 2.24. The molecule has 0 aliphatic heterocycles. The van der Waals surface area contributed by atoms with Crippen molar-refractivity contribution >= 4 is 29.2 Å². The summed E-state index contributed by atoms with van der Waals surface area (Å²) in [4.78, 5) is 15.3. The number of rotatable bonds is 5. The van der Waals surface area contributed by atoms with Gasteiger partial charge in [0.25, 0.3) is 0 Å². The number of carbonyl (C=O) groups excluding carboxylic acids is 1. The molecule has 126 valence electrons. The van der Waals surface area contributed by atoms with Crippen LogP contribution < -0.4 is 11.1 Å². The highest BCUT2D eigenvalue weighted by Gasteiger charge is 2.26. The van der Waals surface area contributed by atoms with Crippen LogP contribution in [0.15, 0.2) is 30.5 Å². The number of H-pyrrole nitrogens is 1. The van der Waals surface area contributed by atoms with Crippen LogP contribution in [0.25, 0.3) is 10.9 Å². The number of carbonyl (C=O) groups is 1. The van der Waals surface area contributed by atoms with Crippen LogP contribution in [-0.4, -0.2) is 34.7 Å². The van der Waals surface area contributed by atoms with Crippen LogP contribution in [0.1, 0.15) is 24.8 Å². The zero-order valence-electron chi connectivity index (χ0n) is 13.0. The molecule has 5 N–H and O–H groups in total. The molecule has 1 aromatic heterocycles. The molecular formula is C17H24ClN3O2. The van der Waals surface area contributed by atoms with E-state index in [9.17, 15) is 9.90 Å². The molecule has 0 spiro atoms. The number of fused-ring (bicyclic) bond motifs is 1. The summed E-state index contributed by atoms with van der Waals surface area (Å²) in [6.45, 7) is 0.515. The van der Waals surface area contributed by atoms with E-state index in [1.165, 1.54) is 0 Å². The first kappa shape index (κ1) is 17.8. The minimum Gasteiger partial charge on any atom is -0.393 e. The predicted molar refractivity (Wildman–Crippen MR) is 93.6 cm³/mol. The summed E-state index contributed by atoms with van der Waals surface area (Å²) < 4.78 is 0. The Balaban J connectivity index is 0.00000192. The molecular weight excluding hydrogens is 314 g/mol. The van der Waals surface area contributed by atoms with Crippen LogP contribution >= 0.6 is 12.4 Å². The lowest BCUT2D eigenvalue weighted by atomic mass is 10.0. The summed E-state index contributed by atoms with van der Waals surface area (Å²) in [6.07, 6.45) is 4.97. The number of halogens is 1. The molecule has 2 unspecified atom stereocenters. The lowest BCUT2D eigenvalue weighted by molar-refractivity contribution is -0.122. The van der Waals surface area contributed by atoms with Crippen molar-refractivity contribution in [1.82, 2.24) is 10.3 Å². The van der Waals surface area contributed by atoms with Gasteiger partial charge in [0.1, 0.15) is 0 Å². The smallest absolute Gasteiger partial charge is 0.237 e. The molecule has 1 amide bonds. The van der Waals surface area contributed by atoms with Crippen LogP contribution in [0.4, 0.5) is 0 Å². The van der Waals surface area contributed by atoms with Gasteiger partial charge in [0.05, 0.1) is 12.1 Å². The number of aromatic nitrogens is 1. The third kappa shape index (κ3) is 4.05. The minimum atomic E-state index is -0.572. The van der Waals surface area contributed by atoms with Gasteiger partial charge in [-0.1, -0.05) is 24.6 Å². The van der Waals surface area contributed by atoms with E-state index in [4.69, 9.17) is 5.73 Å². The topological polar surface area (TPSA) is 91.1 Å². The van der Waals surface area contributed by atoms with Crippen molar-refractivity contribution in [1.29, 1.82) is 0 Å². The number of aromatic amines is 1. The first-order valence-corrected chi connectivity index (χ1v) is 7.91. The molecule has 0 radical (unpaired) electrons. The van der Waals surface area contributed by atoms with Crippen molar-refractivity contribution in [3.05, 3.63) is 36.0 Å². The monoisotopic (exact) mass is 337 g/mol. The second kappa shape index (κ2) is 7.81. The van der Waals surface area contributed by atoms with Gasteiger partial charge < -0.3 is 21.1 Å². The van der Waals surface area contributed by atoms with Gasteiger partial charge >= 0.3 is 0 Å². The van der Waals surface area contributed by atoms with Crippen LogP contribution in [0, 0.1) is 5.92 Å². The Morgan fingerprint density at radius 3 is 2.91 bits per heavy atom. The Hall–Kier alpha value is -1.56. The Labute approximate surface area is 142 Å². The fourth-order valence-electron chi connectivity index (χ4n) is 3.25. The van der Waals surface area contributed by atoms with E-state index < -0.39 is 6.04 Å². The maximum absolute atomic E-state index is 12.1.